The van der Waals surface area contributed by atoms with Crippen LogP contribution in [0, 0.1) is 6.92 Å². The van der Waals surface area contributed by atoms with Crippen molar-refractivity contribution in [3.8, 4) is 28.3 Å². The van der Waals surface area contributed by atoms with Crippen LogP contribution in [-0.2, 0) is 5.92 Å². The molecule has 0 atom stereocenters. The molecule has 0 saturated heterocycles. The molecule has 3 aromatic carbocycles. The van der Waals surface area contributed by atoms with E-state index in [0.717, 1.165) is 6.92 Å². The number of halogens is 4. The molecule has 5 nitrogen and oxygen atoms in total. The normalized spacial score (nSPS) is 11.5. The minimum absolute atomic E-state index is 0.0243. The van der Waals surface area contributed by atoms with Gasteiger partial charge in [-0.05, 0) is 42.8 Å². The number of aromatic nitrogens is 1. The first-order valence-electron chi connectivity index (χ1n) is 10.5. The number of nitrogens with one attached hydrogen (secondary N) is 1. The zero-order valence-corrected chi connectivity index (χ0v) is 18.7. The number of oxazole rings is 1. The van der Waals surface area contributed by atoms with E-state index in [4.69, 9.17) is 4.42 Å². The first kappa shape index (κ1) is 24.0. The largest absolute Gasteiger partial charge is 0.434 e. The maximum absolute atomic E-state index is 13.6. The molecule has 0 aliphatic carbocycles. The summed E-state index contributed by atoms with van der Waals surface area (Å²) in [6.07, 6.45) is 0. The lowest BCUT2D eigenvalue weighted by Gasteiger charge is -2.12. The maximum atomic E-state index is 13.6. The second-order valence-corrected chi connectivity index (χ2v) is 7.81. The summed E-state index contributed by atoms with van der Waals surface area (Å²) in [5, 5.41) is 2.53. The van der Waals surface area contributed by atoms with Gasteiger partial charge in [-0.3, -0.25) is 4.79 Å². The van der Waals surface area contributed by atoms with Crippen LogP contribution in [0.1, 0.15) is 28.7 Å². The topological polar surface area (TPSA) is 64.4 Å². The molecule has 4 rings (SSSR count). The average molecular weight is 484 g/mol. The zero-order valence-electron chi connectivity index (χ0n) is 18.7. The van der Waals surface area contributed by atoms with Crippen LogP contribution < -0.4 is 10.1 Å². The molecule has 9 heteroatoms. The summed E-state index contributed by atoms with van der Waals surface area (Å²) in [6.45, 7) is -0.679. The Morgan fingerprint density at radius 1 is 1.00 bits per heavy atom. The smallest absolute Gasteiger partial charge is 0.387 e. The van der Waals surface area contributed by atoms with Gasteiger partial charge >= 0.3 is 6.61 Å². The van der Waals surface area contributed by atoms with Gasteiger partial charge in [-0.2, -0.15) is 8.78 Å². The Kier molecular flexibility index (Phi) is 6.59. The Bertz CT molecular complexity index is 1350. The fourth-order valence-electron chi connectivity index (χ4n) is 3.49. The van der Waals surface area contributed by atoms with E-state index in [1.54, 1.807) is 43.3 Å². The molecule has 0 spiro atoms. The number of hydrogen-bond acceptors (Lipinski definition) is 4. The Balaban J connectivity index is 1.65. The fourth-order valence-corrected chi connectivity index (χ4v) is 3.49. The molecule has 0 radical (unpaired) electrons. The highest BCUT2D eigenvalue weighted by Crippen LogP contribution is 2.35. The van der Waals surface area contributed by atoms with Crippen LogP contribution in [0.25, 0.3) is 22.6 Å². The van der Waals surface area contributed by atoms with Crippen LogP contribution in [0.4, 0.5) is 23.2 Å². The molecule has 0 aliphatic rings. The monoisotopic (exact) mass is 484 g/mol. The predicted octanol–water partition coefficient (Wildman–Crippen LogP) is 7.28. The van der Waals surface area contributed by atoms with Gasteiger partial charge in [-0.25, -0.2) is 13.8 Å². The van der Waals surface area contributed by atoms with Gasteiger partial charge < -0.3 is 14.5 Å². The van der Waals surface area contributed by atoms with Gasteiger partial charge in [0, 0.05) is 29.3 Å². The number of anilines is 1. The molecule has 35 heavy (non-hydrogen) atoms. The van der Waals surface area contributed by atoms with E-state index in [1.165, 1.54) is 36.4 Å². The van der Waals surface area contributed by atoms with Crippen molar-refractivity contribution in [3.63, 3.8) is 0 Å². The van der Waals surface area contributed by atoms with Crippen molar-refractivity contribution in [2.75, 3.05) is 5.32 Å². The van der Waals surface area contributed by atoms with Crippen LogP contribution in [0.15, 0.2) is 77.2 Å². The summed E-state index contributed by atoms with van der Waals surface area (Å²) in [5.41, 5.74) is 1.65. The Morgan fingerprint density at radius 3 is 2.43 bits per heavy atom. The number of alkyl halides is 4. The molecule has 1 N–H and O–H groups in total. The molecular formula is C26H20F4N2O3. The molecule has 0 unspecified atom stereocenters. The van der Waals surface area contributed by atoms with Crippen molar-refractivity contribution in [1.82, 2.24) is 4.98 Å². The minimum atomic E-state index is -3.06. The summed E-state index contributed by atoms with van der Waals surface area (Å²) in [7, 11) is 0. The first-order valence-corrected chi connectivity index (χ1v) is 10.5. The van der Waals surface area contributed by atoms with Crippen molar-refractivity contribution in [3.05, 3.63) is 89.8 Å². The highest BCUT2D eigenvalue weighted by Gasteiger charge is 2.25. The quantitative estimate of drug-likeness (QED) is 0.280. The third-order valence-electron chi connectivity index (χ3n) is 5.16. The van der Waals surface area contributed by atoms with Gasteiger partial charge in [0.1, 0.15) is 5.75 Å². The van der Waals surface area contributed by atoms with E-state index in [-0.39, 0.29) is 34.3 Å². The Hall–Kier alpha value is -4.14. The standard InChI is InChI=1S/C26H20F4N2O3/c1-15-22(23(33)32-19-10-6-9-18(14-19)26(2,29)30)35-24(31-15)17-11-12-21(34-25(27)28)20(13-17)16-7-4-3-5-8-16/h3-14,25H,1-2H3,(H,32,33). The number of carbonyl (C=O) groups is 1. The number of amides is 1. The van der Waals surface area contributed by atoms with E-state index in [1.807, 2.05) is 0 Å². The molecule has 0 saturated carbocycles. The van der Waals surface area contributed by atoms with Crippen LogP contribution in [0.2, 0.25) is 0 Å². The van der Waals surface area contributed by atoms with Gasteiger partial charge in [-0.1, -0.05) is 42.5 Å². The van der Waals surface area contributed by atoms with E-state index >= 15 is 0 Å². The van der Waals surface area contributed by atoms with Crippen molar-refractivity contribution in [2.24, 2.45) is 0 Å². The zero-order chi connectivity index (χ0) is 25.2. The fraction of sp³-hybridized carbons (Fsp3) is 0.154. The second-order valence-electron chi connectivity index (χ2n) is 7.81. The van der Waals surface area contributed by atoms with Crippen LogP contribution in [-0.4, -0.2) is 17.5 Å². The molecular weight excluding hydrogens is 464 g/mol. The number of hydrogen-bond donors (Lipinski definition) is 1. The van der Waals surface area contributed by atoms with E-state index in [0.29, 0.717) is 16.7 Å². The van der Waals surface area contributed by atoms with Crippen molar-refractivity contribution in [1.29, 1.82) is 0 Å². The third kappa shape index (κ3) is 5.51. The Labute approximate surface area is 198 Å². The molecule has 180 valence electrons. The van der Waals surface area contributed by atoms with Gasteiger partial charge in [0.2, 0.25) is 11.7 Å². The van der Waals surface area contributed by atoms with E-state index in [2.05, 4.69) is 15.0 Å². The molecule has 0 fully saturated rings. The molecule has 1 amide bonds. The highest BCUT2D eigenvalue weighted by molar-refractivity contribution is 6.03. The van der Waals surface area contributed by atoms with Crippen LogP contribution >= 0.6 is 0 Å². The molecule has 1 heterocycles. The number of rotatable bonds is 7. The van der Waals surface area contributed by atoms with E-state index in [9.17, 15) is 22.4 Å². The number of carbonyl (C=O) groups excluding carboxylic acids is 1. The summed E-state index contributed by atoms with van der Waals surface area (Å²) in [6, 6.07) is 18.6. The predicted molar refractivity (Wildman–Crippen MR) is 123 cm³/mol. The molecule has 4 aromatic rings. The van der Waals surface area contributed by atoms with Gasteiger partial charge in [0.05, 0.1) is 5.69 Å². The number of nitrogens with zero attached hydrogens (tertiary/aromatic N) is 1. The average Bonchev–Trinajstić information content (AvgIpc) is 3.21. The SMILES string of the molecule is Cc1nc(-c2ccc(OC(F)F)c(-c3ccccc3)c2)oc1C(=O)Nc1cccc(C(C)(F)F)c1. The summed E-state index contributed by atoms with van der Waals surface area (Å²) >= 11 is 0. The minimum Gasteiger partial charge on any atom is -0.434 e. The molecule has 0 aliphatic heterocycles. The molecule has 0 bridgehead atoms. The highest BCUT2D eigenvalue weighted by atomic mass is 19.3. The lowest BCUT2D eigenvalue weighted by molar-refractivity contribution is -0.0494. The van der Waals surface area contributed by atoms with Crippen molar-refractivity contribution >= 4 is 11.6 Å². The number of aryl methyl sites for hydroxylation is 1. The van der Waals surface area contributed by atoms with Crippen molar-refractivity contribution in [2.45, 2.75) is 26.4 Å². The number of ether oxygens (including phenoxy) is 1. The van der Waals surface area contributed by atoms with Gasteiger partial charge in [0.25, 0.3) is 11.8 Å². The third-order valence-corrected chi connectivity index (χ3v) is 5.16. The second kappa shape index (κ2) is 9.61. The van der Waals surface area contributed by atoms with Crippen molar-refractivity contribution < 1.29 is 31.5 Å². The summed E-state index contributed by atoms with van der Waals surface area (Å²) < 4.78 is 63.4. The lowest BCUT2D eigenvalue weighted by atomic mass is 10.0. The summed E-state index contributed by atoms with van der Waals surface area (Å²) in [5.74, 6) is -3.78. The Morgan fingerprint density at radius 2 is 1.74 bits per heavy atom. The van der Waals surface area contributed by atoms with E-state index < -0.39 is 18.4 Å². The number of benzene rings is 3. The van der Waals surface area contributed by atoms with Crippen LogP contribution in [0.3, 0.4) is 0 Å². The van der Waals surface area contributed by atoms with Gasteiger partial charge in [0.15, 0.2) is 0 Å². The van der Waals surface area contributed by atoms with Gasteiger partial charge in [-0.15, -0.1) is 0 Å². The lowest BCUT2D eigenvalue weighted by Crippen LogP contribution is -2.13. The molecule has 1 aromatic heterocycles. The summed E-state index contributed by atoms with van der Waals surface area (Å²) in [4.78, 5) is 17.1. The van der Waals surface area contributed by atoms with Crippen LogP contribution in [0.5, 0.6) is 5.75 Å². The maximum Gasteiger partial charge on any atom is 0.387 e. The first-order chi connectivity index (χ1) is 16.6.